The minimum absolute atomic E-state index is 0.00406. The Balaban J connectivity index is 2.36. The van der Waals surface area contributed by atoms with E-state index in [4.69, 9.17) is 11.6 Å². The van der Waals surface area contributed by atoms with Crippen LogP contribution >= 0.6 is 34.2 Å². The molecule has 100 valence electrons. The van der Waals surface area contributed by atoms with Gasteiger partial charge in [0.25, 0.3) is 10.0 Å². The van der Waals surface area contributed by atoms with E-state index >= 15 is 0 Å². The van der Waals surface area contributed by atoms with Gasteiger partial charge in [-0.25, -0.2) is 18.4 Å². The highest BCUT2D eigenvalue weighted by Crippen LogP contribution is 2.23. The molecule has 0 radical (unpaired) electrons. The van der Waals surface area contributed by atoms with Gasteiger partial charge in [-0.05, 0) is 58.8 Å². The molecule has 0 saturated carbocycles. The molecule has 0 aliphatic heterocycles. The number of hydrogen-bond donors (Lipinski definition) is 1. The van der Waals surface area contributed by atoms with Crippen LogP contribution in [0.4, 0.5) is 5.69 Å². The van der Waals surface area contributed by atoms with Crippen molar-refractivity contribution in [3.8, 4) is 0 Å². The molecular weight excluding hydrogens is 401 g/mol. The molecule has 1 aromatic heterocycles. The summed E-state index contributed by atoms with van der Waals surface area (Å²) < 4.78 is 27.8. The van der Waals surface area contributed by atoms with Crippen molar-refractivity contribution in [3.63, 3.8) is 0 Å². The van der Waals surface area contributed by atoms with Crippen LogP contribution in [0.1, 0.15) is 5.56 Å². The van der Waals surface area contributed by atoms with Gasteiger partial charge in [0.1, 0.15) is 4.90 Å². The van der Waals surface area contributed by atoms with Crippen molar-refractivity contribution in [2.24, 2.45) is 0 Å². The normalized spacial score (nSPS) is 11.3. The van der Waals surface area contributed by atoms with Crippen molar-refractivity contribution in [2.45, 2.75) is 11.8 Å². The van der Waals surface area contributed by atoms with Gasteiger partial charge in [0.05, 0.1) is 18.1 Å². The fourth-order valence-electron chi connectivity index (χ4n) is 1.36. The smallest absolute Gasteiger partial charge is 0.264 e. The lowest BCUT2D eigenvalue weighted by Crippen LogP contribution is -2.14. The number of anilines is 1. The average molecular weight is 410 g/mol. The van der Waals surface area contributed by atoms with Crippen LogP contribution in [-0.2, 0) is 10.0 Å². The zero-order valence-electron chi connectivity index (χ0n) is 9.76. The number of rotatable bonds is 3. The SMILES string of the molecule is Cc1c(I)cccc1NS(=O)(=O)c1cnc(Cl)nc1. The van der Waals surface area contributed by atoms with Crippen molar-refractivity contribution in [3.05, 3.63) is 45.0 Å². The number of benzene rings is 1. The predicted octanol–water partition coefficient (Wildman–Crippen LogP) is 2.84. The zero-order chi connectivity index (χ0) is 14.0. The highest BCUT2D eigenvalue weighted by atomic mass is 127. The second-order valence-corrected chi connectivity index (χ2v) is 6.89. The maximum atomic E-state index is 12.1. The molecule has 0 aliphatic rings. The van der Waals surface area contributed by atoms with E-state index in [1.54, 1.807) is 12.1 Å². The maximum absolute atomic E-state index is 12.1. The van der Waals surface area contributed by atoms with Crippen LogP contribution in [0.3, 0.4) is 0 Å². The third kappa shape index (κ3) is 3.34. The van der Waals surface area contributed by atoms with Crippen molar-refractivity contribution >= 4 is 49.9 Å². The Morgan fingerprint density at radius 3 is 2.53 bits per heavy atom. The molecule has 0 bridgehead atoms. The van der Waals surface area contributed by atoms with Crippen LogP contribution in [0.5, 0.6) is 0 Å². The number of hydrogen-bond acceptors (Lipinski definition) is 4. The van der Waals surface area contributed by atoms with Gasteiger partial charge in [-0.1, -0.05) is 6.07 Å². The summed E-state index contributed by atoms with van der Waals surface area (Å²) in [4.78, 5) is 7.29. The van der Waals surface area contributed by atoms with E-state index in [2.05, 4.69) is 37.3 Å². The van der Waals surface area contributed by atoms with Gasteiger partial charge < -0.3 is 0 Å². The molecule has 1 N–H and O–H groups in total. The first-order valence-electron chi connectivity index (χ1n) is 5.15. The number of halogens is 2. The van der Waals surface area contributed by atoms with Gasteiger partial charge in [0, 0.05) is 3.57 Å². The minimum atomic E-state index is -3.71. The molecule has 0 amide bonds. The molecule has 0 atom stereocenters. The molecule has 0 saturated heterocycles. The van der Waals surface area contributed by atoms with Crippen molar-refractivity contribution < 1.29 is 8.42 Å². The van der Waals surface area contributed by atoms with Crippen molar-refractivity contribution in [1.29, 1.82) is 0 Å². The van der Waals surface area contributed by atoms with Gasteiger partial charge >= 0.3 is 0 Å². The lowest BCUT2D eigenvalue weighted by Gasteiger charge is -2.11. The van der Waals surface area contributed by atoms with E-state index in [1.165, 1.54) is 12.4 Å². The quantitative estimate of drug-likeness (QED) is 0.625. The molecule has 0 unspecified atom stereocenters. The first-order valence-corrected chi connectivity index (χ1v) is 8.09. The van der Waals surface area contributed by atoms with Crippen molar-refractivity contribution in [1.82, 2.24) is 9.97 Å². The average Bonchev–Trinajstić information content (AvgIpc) is 2.35. The van der Waals surface area contributed by atoms with Crippen LogP contribution in [0.15, 0.2) is 35.5 Å². The van der Waals surface area contributed by atoms with E-state index < -0.39 is 10.0 Å². The number of sulfonamides is 1. The summed E-state index contributed by atoms with van der Waals surface area (Å²) in [6, 6.07) is 5.38. The predicted molar refractivity (Wildman–Crippen MR) is 81.7 cm³/mol. The maximum Gasteiger partial charge on any atom is 0.264 e. The molecular formula is C11H9ClIN3O2S. The lowest BCUT2D eigenvalue weighted by atomic mass is 10.2. The van der Waals surface area contributed by atoms with Crippen molar-refractivity contribution in [2.75, 3.05) is 4.72 Å². The molecule has 1 aromatic carbocycles. The van der Waals surface area contributed by atoms with Gasteiger partial charge in [0.15, 0.2) is 0 Å². The summed E-state index contributed by atoms with van der Waals surface area (Å²) in [6.45, 7) is 1.85. The van der Waals surface area contributed by atoms with E-state index in [1.807, 2.05) is 13.0 Å². The Morgan fingerprint density at radius 2 is 1.89 bits per heavy atom. The number of aromatic nitrogens is 2. The molecule has 8 heteroatoms. The van der Waals surface area contributed by atoms with Crippen LogP contribution in [0.2, 0.25) is 5.28 Å². The van der Waals surface area contributed by atoms with Gasteiger partial charge in [-0.3, -0.25) is 4.72 Å². The van der Waals surface area contributed by atoms with E-state index in [0.717, 1.165) is 9.13 Å². The van der Waals surface area contributed by atoms with Crippen LogP contribution in [-0.4, -0.2) is 18.4 Å². The number of nitrogens with zero attached hydrogens (tertiary/aromatic N) is 2. The third-order valence-electron chi connectivity index (χ3n) is 2.42. The second-order valence-electron chi connectivity index (χ2n) is 3.71. The Labute approximate surface area is 129 Å². The largest absolute Gasteiger partial charge is 0.279 e. The molecule has 5 nitrogen and oxygen atoms in total. The molecule has 1 heterocycles. The molecule has 0 spiro atoms. The monoisotopic (exact) mass is 409 g/mol. The summed E-state index contributed by atoms with van der Waals surface area (Å²) >= 11 is 7.67. The van der Waals surface area contributed by atoms with Crippen LogP contribution in [0.25, 0.3) is 0 Å². The van der Waals surface area contributed by atoms with E-state index in [9.17, 15) is 8.42 Å². The van der Waals surface area contributed by atoms with Gasteiger partial charge in [0.2, 0.25) is 5.28 Å². The van der Waals surface area contributed by atoms with Gasteiger partial charge in [-0.15, -0.1) is 0 Å². The Hall–Kier alpha value is -0.930. The molecule has 2 aromatic rings. The Bertz CT molecular complexity index is 704. The Morgan fingerprint density at radius 1 is 1.26 bits per heavy atom. The standard InChI is InChI=1S/C11H9ClIN3O2S/c1-7-9(13)3-2-4-10(7)16-19(17,18)8-5-14-11(12)15-6-8/h2-6,16H,1H3. The zero-order valence-corrected chi connectivity index (χ0v) is 13.5. The summed E-state index contributed by atoms with van der Waals surface area (Å²) in [5.41, 5.74) is 1.39. The molecule has 2 rings (SSSR count). The minimum Gasteiger partial charge on any atom is -0.279 e. The van der Waals surface area contributed by atoms with Gasteiger partial charge in [-0.2, -0.15) is 0 Å². The second kappa shape index (κ2) is 5.59. The highest BCUT2D eigenvalue weighted by molar-refractivity contribution is 14.1. The Kier molecular flexibility index (Phi) is 4.26. The molecule has 0 fully saturated rings. The summed E-state index contributed by atoms with van der Waals surface area (Å²) in [6.07, 6.45) is 2.34. The fourth-order valence-corrected chi connectivity index (χ4v) is 2.97. The van der Waals surface area contributed by atoms with Crippen LogP contribution in [0, 0.1) is 10.5 Å². The molecule has 0 aliphatic carbocycles. The lowest BCUT2D eigenvalue weighted by molar-refractivity contribution is 0.600. The van der Waals surface area contributed by atoms with Crippen LogP contribution < -0.4 is 4.72 Å². The molecule has 19 heavy (non-hydrogen) atoms. The topological polar surface area (TPSA) is 72.0 Å². The summed E-state index contributed by atoms with van der Waals surface area (Å²) in [5, 5.41) is 0.00406. The van der Waals surface area contributed by atoms with E-state index in [0.29, 0.717) is 5.69 Å². The highest BCUT2D eigenvalue weighted by Gasteiger charge is 2.16. The number of nitrogens with one attached hydrogen (secondary N) is 1. The van der Waals surface area contributed by atoms with E-state index in [-0.39, 0.29) is 10.2 Å². The summed E-state index contributed by atoms with van der Waals surface area (Å²) in [7, 11) is -3.71. The summed E-state index contributed by atoms with van der Waals surface area (Å²) in [5.74, 6) is 0. The third-order valence-corrected chi connectivity index (χ3v) is 5.10. The fraction of sp³-hybridized carbons (Fsp3) is 0.0909. The first kappa shape index (κ1) is 14.5. The first-order chi connectivity index (χ1) is 8.90.